The second-order valence-electron chi connectivity index (χ2n) is 3.69. The molecule has 0 amide bonds. The minimum absolute atomic E-state index is 0.124. The topological polar surface area (TPSA) is 49.5 Å². The summed E-state index contributed by atoms with van der Waals surface area (Å²) in [6.07, 6.45) is 0. The molecule has 1 rings (SSSR count). The molecule has 3 N–H and O–H groups in total. The van der Waals surface area contributed by atoms with Crippen LogP contribution in [0, 0.1) is 6.92 Å². The van der Waals surface area contributed by atoms with E-state index in [1.165, 1.54) is 0 Å². The van der Waals surface area contributed by atoms with Crippen LogP contribution in [-0.2, 0) is 0 Å². The number of rotatable bonds is 5. The van der Waals surface area contributed by atoms with E-state index in [1.807, 2.05) is 32.0 Å². The quantitative estimate of drug-likeness (QED) is 0.762. The zero-order valence-electron chi connectivity index (χ0n) is 9.73. The molecular weight excluding hydrogens is 220 g/mol. The highest BCUT2D eigenvalue weighted by molar-refractivity contribution is 7.80. The minimum Gasteiger partial charge on any atom is -0.395 e. The predicted molar refractivity (Wildman–Crippen MR) is 72.0 cm³/mol. The van der Waals surface area contributed by atoms with Crippen molar-refractivity contribution in [1.29, 1.82) is 0 Å². The van der Waals surface area contributed by atoms with E-state index in [9.17, 15) is 0 Å². The first kappa shape index (κ1) is 12.9. The number of nitrogens with zero attached hydrogens (tertiary/aromatic N) is 1. The van der Waals surface area contributed by atoms with Crippen molar-refractivity contribution in [3.8, 4) is 0 Å². The van der Waals surface area contributed by atoms with Crippen molar-refractivity contribution in [2.45, 2.75) is 13.8 Å². The van der Waals surface area contributed by atoms with Crippen molar-refractivity contribution in [3.05, 3.63) is 29.3 Å². The highest BCUT2D eigenvalue weighted by atomic mass is 32.1. The third kappa shape index (κ3) is 2.93. The molecule has 0 atom stereocenters. The first-order chi connectivity index (χ1) is 7.60. The van der Waals surface area contributed by atoms with Crippen molar-refractivity contribution < 1.29 is 5.11 Å². The molecule has 0 aliphatic carbocycles. The van der Waals surface area contributed by atoms with Gasteiger partial charge in [-0.2, -0.15) is 0 Å². The molecule has 4 heteroatoms. The summed E-state index contributed by atoms with van der Waals surface area (Å²) in [4.78, 5) is 2.47. The average molecular weight is 238 g/mol. The molecule has 0 spiro atoms. The van der Waals surface area contributed by atoms with Gasteiger partial charge in [0.25, 0.3) is 0 Å². The van der Waals surface area contributed by atoms with Gasteiger partial charge in [-0.3, -0.25) is 0 Å². The maximum Gasteiger partial charge on any atom is 0.106 e. The summed E-state index contributed by atoms with van der Waals surface area (Å²) in [5, 5.41) is 9.02. The normalized spacial score (nSPS) is 10.2. The zero-order chi connectivity index (χ0) is 12.1. The number of hydrogen-bond donors (Lipinski definition) is 2. The average Bonchev–Trinajstić information content (AvgIpc) is 2.25. The maximum absolute atomic E-state index is 9.02. The van der Waals surface area contributed by atoms with Gasteiger partial charge in [-0.25, -0.2) is 0 Å². The van der Waals surface area contributed by atoms with E-state index >= 15 is 0 Å². The SMILES string of the molecule is CCN(CCO)c1cc(C)ccc1C(N)=S. The lowest BCUT2D eigenvalue weighted by molar-refractivity contribution is 0.302. The number of anilines is 1. The number of likely N-dealkylation sites (N-methyl/N-ethyl adjacent to an activating group) is 1. The Morgan fingerprint density at radius 2 is 2.19 bits per heavy atom. The molecule has 1 aromatic rings. The van der Waals surface area contributed by atoms with Gasteiger partial charge >= 0.3 is 0 Å². The molecule has 0 aliphatic rings. The summed E-state index contributed by atoms with van der Waals surface area (Å²) >= 11 is 5.03. The van der Waals surface area contributed by atoms with Gasteiger partial charge in [0.1, 0.15) is 4.99 Å². The second kappa shape index (κ2) is 5.82. The number of benzene rings is 1. The first-order valence-corrected chi connectivity index (χ1v) is 5.77. The summed E-state index contributed by atoms with van der Waals surface area (Å²) in [5.41, 5.74) is 8.73. The summed E-state index contributed by atoms with van der Waals surface area (Å²) in [6, 6.07) is 5.98. The Morgan fingerprint density at radius 3 is 2.69 bits per heavy atom. The minimum atomic E-state index is 0.124. The van der Waals surface area contributed by atoms with Crippen LogP contribution in [0.25, 0.3) is 0 Å². The Morgan fingerprint density at radius 1 is 1.50 bits per heavy atom. The number of aryl methyl sites for hydroxylation is 1. The third-order valence-corrected chi connectivity index (χ3v) is 2.73. The lowest BCUT2D eigenvalue weighted by Crippen LogP contribution is -2.28. The highest BCUT2D eigenvalue weighted by Crippen LogP contribution is 2.22. The first-order valence-electron chi connectivity index (χ1n) is 5.36. The maximum atomic E-state index is 9.02. The smallest absolute Gasteiger partial charge is 0.106 e. The molecule has 0 unspecified atom stereocenters. The molecule has 3 nitrogen and oxygen atoms in total. The molecule has 0 aromatic heterocycles. The van der Waals surface area contributed by atoms with Gasteiger partial charge in [0.05, 0.1) is 6.61 Å². The zero-order valence-corrected chi connectivity index (χ0v) is 10.5. The molecule has 0 aliphatic heterocycles. The predicted octanol–water partition coefficient (Wildman–Crippen LogP) is 1.45. The fourth-order valence-electron chi connectivity index (χ4n) is 1.68. The molecular formula is C12H18N2OS. The van der Waals surface area contributed by atoms with Crippen molar-refractivity contribution in [1.82, 2.24) is 0 Å². The number of thiocarbonyl (C=S) groups is 1. The number of aliphatic hydroxyl groups excluding tert-OH is 1. The molecule has 0 heterocycles. The Balaban J connectivity index is 3.16. The van der Waals surface area contributed by atoms with Crippen LogP contribution in [0.5, 0.6) is 0 Å². The fourth-order valence-corrected chi connectivity index (χ4v) is 1.85. The fraction of sp³-hybridized carbons (Fsp3) is 0.417. The Labute approximate surface area is 102 Å². The second-order valence-corrected chi connectivity index (χ2v) is 4.13. The van der Waals surface area contributed by atoms with Gasteiger partial charge in [0.15, 0.2) is 0 Å². The van der Waals surface area contributed by atoms with Crippen LogP contribution >= 0.6 is 12.2 Å². The summed E-state index contributed by atoms with van der Waals surface area (Å²) < 4.78 is 0. The Bertz CT molecular complexity index is 379. The van der Waals surface area contributed by atoms with E-state index in [0.717, 1.165) is 23.4 Å². The molecule has 0 fully saturated rings. The van der Waals surface area contributed by atoms with E-state index in [2.05, 4.69) is 4.90 Å². The van der Waals surface area contributed by atoms with Gasteiger partial charge in [-0.15, -0.1) is 0 Å². The van der Waals surface area contributed by atoms with Crippen LogP contribution in [-0.4, -0.2) is 29.8 Å². The van der Waals surface area contributed by atoms with E-state index in [1.54, 1.807) is 0 Å². The molecule has 0 saturated carbocycles. The standard InChI is InChI=1S/C12H18N2OS/c1-3-14(6-7-15)11-8-9(2)4-5-10(11)12(13)16/h4-5,8,15H,3,6-7H2,1-2H3,(H2,13,16). The monoisotopic (exact) mass is 238 g/mol. The highest BCUT2D eigenvalue weighted by Gasteiger charge is 2.11. The number of hydrogen-bond acceptors (Lipinski definition) is 3. The summed E-state index contributed by atoms with van der Waals surface area (Å²) in [7, 11) is 0. The molecule has 1 aromatic carbocycles. The lowest BCUT2D eigenvalue weighted by atomic mass is 10.1. The van der Waals surface area contributed by atoms with Crippen molar-refractivity contribution in [2.75, 3.05) is 24.6 Å². The van der Waals surface area contributed by atoms with E-state index in [4.69, 9.17) is 23.1 Å². The largest absolute Gasteiger partial charge is 0.395 e. The van der Waals surface area contributed by atoms with Gasteiger partial charge in [-0.05, 0) is 31.5 Å². The van der Waals surface area contributed by atoms with Gasteiger partial charge in [0, 0.05) is 24.3 Å². The van der Waals surface area contributed by atoms with Crippen LogP contribution < -0.4 is 10.6 Å². The number of nitrogens with two attached hydrogens (primary N) is 1. The molecule has 88 valence electrons. The van der Waals surface area contributed by atoms with Crippen molar-refractivity contribution in [2.24, 2.45) is 5.73 Å². The van der Waals surface area contributed by atoms with E-state index < -0.39 is 0 Å². The third-order valence-electron chi connectivity index (χ3n) is 2.51. The van der Waals surface area contributed by atoms with E-state index in [0.29, 0.717) is 11.5 Å². The van der Waals surface area contributed by atoms with Gasteiger partial charge in [-0.1, -0.05) is 18.3 Å². The number of aliphatic hydroxyl groups is 1. The van der Waals surface area contributed by atoms with Crippen molar-refractivity contribution in [3.63, 3.8) is 0 Å². The lowest BCUT2D eigenvalue weighted by Gasteiger charge is -2.25. The summed E-state index contributed by atoms with van der Waals surface area (Å²) in [6.45, 7) is 5.61. The van der Waals surface area contributed by atoms with E-state index in [-0.39, 0.29) is 6.61 Å². The van der Waals surface area contributed by atoms with Crippen molar-refractivity contribution >= 4 is 22.9 Å². The summed E-state index contributed by atoms with van der Waals surface area (Å²) in [5.74, 6) is 0. The Kier molecular flexibility index (Phi) is 4.71. The Hall–Kier alpha value is -1.13. The molecule has 0 saturated heterocycles. The van der Waals surface area contributed by atoms with Crippen LogP contribution in [0.4, 0.5) is 5.69 Å². The van der Waals surface area contributed by atoms with Crippen LogP contribution in [0.1, 0.15) is 18.1 Å². The molecule has 0 bridgehead atoms. The molecule has 16 heavy (non-hydrogen) atoms. The molecule has 0 radical (unpaired) electrons. The van der Waals surface area contributed by atoms with Gasteiger partial charge < -0.3 is 15.7 Å². The van der Waals surface area contributed by atoms with Crippen LogP contribution in [0.15, 0.2) is 18.2 Å². The van der Waals surface area contributed by atoms with Gasteiger partial charge in [0.2, 0.25) is 0 Å². The van der Waals surface area contributed by atoms with Crippen LogP contribution in [0.2, 0.25) is 0 Å². The van der Waals surface area contributed by atoms with Crippen LogP contribution in [0.3, 0.4) is 0 Å².